The molecule has 1 aromatic rings. The fraction of sp³-hybridized carbons (Fsp3) is 0.769. The van der Waals surface area contributed by atoms with E-state index >= 15 is 0 Å². The van der Waals surface area contributed by atoms with E-state index in [1.807, 2.05) is 27.7 Å². The SMILES string of the molecule is CCC(CC)C(O)C(O)c1c(Br)cnn1C(C)C. The molecule has 0 amide bonds. The molecule has 0 saturated carbocycles. The van der Waals surface area contributed by atoms with Crippen molar-refractivity contribution in [2.45, 2.75) is 58.8 Å². The van der Waals surface area contributed by atoms with Crippen molar-refractivity contribution in [1.29, 1.82) is 0 Å². The fourth-order valence-electron chi connectivity index (χ4n) is 2.23. The molecule has 1 heterocycles. The summed E-state index contributed by atoms with van der Waals surface area (Å²) in [5, 5.41) is 24.9. The maximum absolute atomic E-state index is 10.4. The second-order valence-corrected chi connectivity index (χ2v) is 5.78. The van der Waals surface area contributed by atoms with Gasteiger partial charge in [-0.1, -0.05) is 26.7 Å². The lowest BCUT2D eigenvalue weighted by atomic mass is 9.91. The van der Waals surface area contributed by atoms with Crippen molar-refractivity contribution < 1.29 is 10.2 Å². The Labute approximate surface area is 117 Å². The maximum atomic E-state index is 10.4. The number of hydrogen-bond acceptors (Lipinski definition) is 3. The number of aliphatic hydroxyl groups excluding tert-OH is 2. The van der Waals surface area contributed by atoms with Crippen molar-refractivity contribution in [3.8, 4) is 0 Å². The maximum Gasteiger partial charge on any atom is 0.123 e. The Morgan fingerprint density at radius 1 is 1.28 bits per heavy atom. The molecule has 0 fully saturated rings. The lowest BCUT2D eigenvalue weighted by Gasteiger charge is -2.26. The van der Waals surface area contributed by atoms with Crippen molar-refractivity contribution in [3.63, 3.8) is 0 Å². The molecule has 1 aromatic heterocycles. The summed E-state index contributed by atoms with van der Waals surface area (Å²) in [4.78, 5) is 0. The van der Waals surface area contributed by atoms with E-state index in [1.165, 1.54) is 0 Å². The Hall–Kier alpha value is -0.390. The number of nitrogens with zero attached hydrogens (tertiary/aromatic N) is 2. The van der Waals surface area contributed by atoms with Crippen molar-refractivity contribution in [2.75, 3.05) is 0 Å². The average molecular weight is 319 g/mol. The minimum absolute atomic E-state index is 0.0995. The van der Waals surface area contributed by atoms with Crippen LogP contribution in [0, 0.1) is 5.92 Å². The second kappa shape index (κ2) is 6.68. The summed E-state index contributed by atoms with van der Waals surface area (Å²) in [6.07, 6.45) is 1.70. The van der Waals surface area contributed by atoms with Gasteiger partial charge in [-0.05, 0) is 35.7 Å². The van der Waals surface area contributed by atoms with Crippen LogP contribution in [-0.2, 0) is 0 Å². The molecule has 1 rings (SSSR count). The smallest absolute Gasteiger partial charge is 0.123 e. The topological polar surface area (TPSA) is 58.3 Å². The molecule has 0 aliphatic carbocycles. The van der Waals surface area contributed by atoms with Gasteiger partial charge in [-0.3, -0.25) is 4.68 Å². The lowest BCUT2D eigenvalue weighted by molar-refractivity contribution is -0.0260. The molecule has 2 unspecified atom stereocenters. The minimum atomic E-state index is -0.908. The summed E-state index contributed by atoms with van der Waals surface area (Å²) in [7, 11) is 0. The van der Waals surface area contributed by atoms with Gasteiger partial charge in [0, 0.05) is 6.04 Å². The summed E-state index contributed by atoms with van der Waals surface area (Å²) in [6.45, 7) is 8.05. The van der Waals surface area contributed by atoms with Crippen LogP contribution in [0.3, 0.4) is 0 Å². The van der Waals surface area contributed by atoms with Crippen LogP contribution in [0.1, 0.15) is 58.4 Å². The molecule has 0 saturated heterocycles. The van der Waals surface area contributed by atoms with Gasteiger partial charge in [0.1, 0.15) is 6.10 Å². The van der Waals surface area contributed by atoms with Crippen LogP contribution in [0.2, 0.25) is 0 Å². The van der Waals surface area contributed by atoms with Crippen LogP contribution in [-0.4, -0.2) is 26.1 Å². The first-order valence-corrected chi connectivity index (χ1v) is 7.32. The highest BCUT2D eigenvalue weighted by molar-refractivity contribution is 9.10. The highest BCUT2D eigenvalue weighted by Crippen LogP contribution is 2.31. The molecule has 0 bridgehead atoms. The quantitative estimate of drug-likeness (QED) is 0.847. The average Bonchev–Trinajstić information content (AvgIpc) is 2.71. The predicted molar refractivity (Wildman–Crippen MR) is 75.4 cm³/mol. The third kappa shape index (κ3) is 3.13. The molecule has 0 radical (unpaired) electrons. The van der Waals surface area contributed by atoms with Gasteiger partial charge < -0.3 is 10.2 Å². The molecule has 0 aromatic carbocycles. The van der Waals surface area contributed by atoms with Gasteiger partial charge in [-0.2, -0.15) is 5.10 Å². The molecule has 2 atom stereocenters. The van der Waals surface area contributed by atoms with Crippen molar-refractivity contribution in [3.05, 3.63) is 16.4 Å². The van der Waals surface area contributed by atoms with Gasteiger partial charge in [-0.15, -0.1) is 0 Å². The summed E-state index contributed by atoms with van der Waals surface area (Å²) < 4.78 is 2.49. The van der Waals surface area contributed by atoms with Gasteiger partial charge in [0.2, 0.25) is 0 Å². The third-order valence-electron chi connectivity index (χ3n) is 3.41. The van der Waals surface area contributed by atoms with Gasteiger partial charge in [0.25, 0.3) is 0 Å². The first-order chi connectivity index (χ1) is 8.43. The summed E-state index contributed by atoms with van der Waals surface area (Å²) in [6, 6.07) is 0.148. The largest absolute Gasteiger partial charge is 0.390 e. The van der Waals surface area contributed by atoms with Gasteiger partial charge in [0.15, 0.2) is 0 Å². The summed E-state index contributed by atoms with van der Waals surface area (Å²) in [5.41, 5.74) is 0.657. The first kappa shape index (κ1) is 15.7. The van der Waals surface area contributed by atoms with E-state index in [4.69, 9.17) is 0 Å². The van der Waals surface area contributed by atoms with E-state index in [0.29, 0.717) is 5.69 Å². The van der Waals surface area contributed by atoms with Crippen molar-refractivity contribution in [2.24, 2.45) is 5.92 Å². The number of rotatable bonds is 6. The molecule has 0 spiro atoms. The highest BCUT2D eigenvalue weighted by atomic mass is 79.9. The molecule has 5 heteroatoms. The van der Waals surface area contributed by atoms with Crippen LogP contribution in [0.15, 0.2) is 10.7 Å². The van der Waals surface area contributed by atoms with Gasteiger partial charge >= 0.3 is 0 Å². The third-order valence-corrected chi connectivity index (χ3v) is 4.02. The Bertz CT molecular complexity index is 375. The van der Waals surface area contributed by atoms with Gasteiger partial charge in [0.05, 0.1) is 22.5 Å². The molecular formula is C13H23BrN2O2. The van der Waals surface area contributed by atoms with E-state index in [-0.39, 0.29) is 12.0 Å². The zero-order valence-corrected chi connectivity index (χ0v) is 13.1. The van der Waals surface area contributed by atoms with E-state index in [1.54, 1.807) is 10.9 Å². The zero-order chi connectivity index (χ0) is 13.9. The molecule has 0 aliphatic rings. The number of hydrogen-bond donors (Lipinski definition) is 2. The van der Waals surface area contributed by atoms with Gasteiger partial charge in [-0.25, -0.2) is 0 Å². The number of aliphatic hydroxyl groups is 2. The van der Waals surface area contributed by atoms with Crippen LogP contribution >= 0.6 is 15.9 Å². The molecule has 104 valence electrons. The lowest BCUT2D eigenvalue weighted by Crippen LogP contribution is -2.29. The highest BCUT2D eigenvalue weighted by Gasteiger charge is 2.30. The number of halogens is 1. The Morgan fingerprint density at radius 3 is 2.28 bits per heavy atom. The summed E-state index contributed by atoms with van der Waals surface area (Å²) >= 11 is 3.39. The normalized spacial score (nSPS) is 15.4. The predicted octanol–water partition coefficient (Wildman–Crippen LogP) is 3.06. The molecule has 2 N–H and O–H groups in total. The number of aromatic nitrogens is 2. The summed E-state index contributed by atoms with van der Waals surface area (Å²) in [5.74, 6) is 0.0995. The van der Waals surface area contributed by atoms with E-state index in [0.717, 1.165) is 17.3 Å². The molecule has 4 nitrogen and oxygen atoms in total. The van der Waals surface area contributed by atoms with E-state index < -0.39 is 12.2 Å². The Kier molecular flexibility index (Phi) is 5.82. The van der Waals surface area contributed by atoms with Crippen LogP contribution in [0.4, 0.5) is 0 Å². The fourth-order valence-corrected chi connectivity index (χ4v) is 2.74. The first-order valence-electron chi connectivity index (χ1n) is 6.52. The monoisotopic (exact) mass is 318 g/mol. The minimum Gasteiger partial charge on any atom is -0.390 e. The van der Waals surface area contributed by atoms with Crippen LogP contribution < -0.4 is 0 Å². The molecule has 18 heavy (non-hydrogen) atoms. The Morgan fingerprint density at radius 2 is 1.83 bits per heavy atom. The Balaban J connectivity index is 3.02. The van der Waals surface area contributed by atoms with E-state index in [2.05, 4.69) is 21.0 Å². The standard InChI is InChI=1S/C13H23BrN2O2/c1-5-9(6-2)12(17)13(18)11-10(14)7-15-16(11)8(3)4/h7-9,12-13,17-18H,5-6H2,1-4H3. The van der Waals surface area contributed by atoms with Crippen LogP contribution in [0.25, 0.3) is 0 Å². The van der Waals surface area contributed by atoms with Crippen molar-refractivity contribution >= 4 is 15.9 Å². The van der Waals surface area contributed by atoms with E-state index in [9.17, 15) is 10.2 Å². The molecule has 0 aliphatic heterocycles. The van der Waals surface area contributed by atoms with Crippen LogP contribution in [0.5, 0.6) is 0 Å². The van der Waals surface area contributed by atoms with Crippen molar-refractivity contribution in [1.82, 2.24) is 9.78 Å². The second-order valence-electron chi connectivity index (χ2n) is 4.93. The molecular weight excluding hydrogens is 296 g/mol. The zero-order valence-electron chi connectivity index (χ0n) is 11.5.